The summed E-state index contributed by atoms with van der Waals surface area (Å²) in [5.74, 6) is 0.0827. The summed E-state index contributed by atoms with van der Waals surface area (Å²) in [5, 5.41) is 14.8. The van der Waals surface area contributed by atoms with Crippen LogP contribution in [0.1, 0.15) is 51.1 Å². The number of rotatable bonds is 5. The molecule has 4 atom stereocenters. The van der Waals surface area contributed by atoms with Crippen LogP contribution >= 0.6 is 0 Å². The molecule has 3 N–H and O–H groups in total. The largest absolute Gasteiger partial charge is 0.489 e. The first-order valence-corrected chi connectivity index (χ1v) is 9.56. The maximum atomic E-state index is 12.8. The number of hydrogen-bond donors (Lipinski definition) is 3. The Balaban J connectivity index is 1.75. The van der Waals surface area contributed by atoms with Gasteiger partial charge in [-0.3, -0.25) is 9.59 Å². The van der Waals surface area contributed by atoms with E-state index in [2.05, 4.69) is 10.6 Å². The summed E-state index contributed by atoms with van der Waals surface area (Å²) in [5.41, 5.74) is 2.72. The van der Waals surface area contributed by atoms with Crippen LogP contribution in [0.3, 0.4) is 0 Å². The second-order valence-corrected chi connectivity index (χ2v) is 7.49. The molecule has 1 heterocycles. The summed E-state index contributed by atoms with van der Waals surface area (Å²) in [4.78, 5) is 25.3. The van der Waals surface area contributed by atoms with E-state index in [0.29, 0.717) is 16.9 Å². The minimum Gasteiger partial charge on any atom is -0.489 e. The quantitative estimate of drug-likeness (QED) is 0.741. The first-order chi connectivity index (χ1) is 13.5. The number of amides is 2. The van der Waals surface area contributed by atoms with E-state index in [1.54, 1.807) is 13.1 Å². The molecule has 0 aromatic heterocycles. The normalized spacial score (nSPS) is 24.8. The Labute approximate surface area is 163 Å². The van der Waals surface area contributed by atoms with Crippen molar-refractivity contribution in [3.05, 3.63) is 64.7 Å². The molecule has 1 fully saturated rings. The van der Waals surface area contributed by atoms with Gasteiger partial charge in [-0.15, -0.1) is 0 Å². The van der Waals surface area contributed by atoms with Gasteiger partial charge in [0, 0.05) is 42.7 Å². The molecular weight excluding hydrogens is 356 g/mol. The summed E-state index contributed by atoms with van der Waals surface area (Å²) in [7, 11) is 1.56. The number of hydrogen-bond acceptors (Lipinski definition) is 4. The Kier molecular flexibility index (Phi) is 4.81. The van der Waals surface area contributed by atoms with Crippen molar-refractivity contribution in [1.82, 2.24) is 10.6 Å². The van der Waals surface area contributed by atoms with Gasteiger partial charge in [-0.25, -0.2) is 0 Å². The van der Waals surface area contributed by atoms with Crippen LogP contribution in [0.25, 0.3) is 0 Å². The number of benzene rings is 2. The Morgan fingerprint density at radius 1 is 1.18 bits per heavy atom. The van der Waals surface area contributed by atoms with E-state index in [9.17, 15) is 14.7 Å². The molecule has 2 aromatic rings. The van der Waals surface area contributed by atoms with Gasteiger partial charge >= 0.3 is 0 Å². The third-order valence-electron chi connectivity index (χ3n) is 5.59. The summed E-state index contributed by atoms with van der Waals surface area (Å²) in [6, 6.07) is 13.4. The molecule has 28 heavy (non-hydrogen) atoms. The van der Waals surface area contributed by atoms with Crippen LogP contribution in [0.4, 0.5) is 0 Å². The van der Waals surface area contributed by atoms with Gasteiger partial charge in [0.05, 0.1) is 5.56 Å². The van der Waals surface area contributed by atoms with E-state index >= 15 is 0 Å². The van der Waals surface area contributed by atoms with Crippen molar-refractivity contribution in [1.29, 1.82) is 0 Å². The lowest BCUT2D eigenvalue weighted by molar-refractivity contribution is 0.0947. The monoisotopic (exact) mass is 380 g/mol. The molecule has 0 spiro atoms. The van der Waals surface area contributed by atoms with Gasteiger partial charge in [-0.2, -0.15) is 0 Å². The van der Waals surface area contributed by atoms with E-state index < -0.39 is 0 Å². The van der Waals surface area contributed by atoms with Gasteiger partial charge in [0.2, 0.25) is 0 Å². The molecule has 0 saturated heterocycles. The number of carbonyl (C=O) groups excluding carboxylic acids is 2. The fraction of sp³-hybridized carbons (Fsp3) is 0.364. The minimum absolute atomic E-state index is 0.00528. The third-order valence-corrected chi connectivity index (χ3v) is 5.59. The second kappa shape index (κ2) is 7.28. The lowest BCUT2D eigenvalue weighted by Gasteiger charge is -2.15. The number of fused-ring (bicyclic) bond motifs is 1. The lowest BCUT2D eigenvalue weighted by atomic mass is 9.87. The van der Waals surface area contributed by atoms with Crippen LogP contribution in [-0.4, -0.2) is 42.7 Å². The first-order valence-electron chi connectivity index (χ1n) is 9.56. The predicted molar refractivity (Wildman–Crippen MR) is 105 cm³/mol. The molecule has 2 unspecified atom stereocenters. The maximum absolute atomic E-state index is 12.8. The van der Waals surface area contributed by atoms with Crippen LogP contribution in [0.15, 0.2) is 42.5 Å². The van der Waals surface area contributed by atoms with Gasteiger partial charge in [0.1, 0.15) is 11.9 Å². The predicted octanol–water partition coefficient (Wildman–Crippen LogP) is 2.07. The van der Waals surface area contributed by atoms with Gasteiger partial charge < -0.3 is 20.5 Å². The van der Waals surface area contributed by atoms with Crippen molar-refractivity contribution in [2.24, 2.45) is 5.92 Å². The molecular formula is C22H24N2O4. The molecule has 6 heteroatoms. The highest BCUT2D eigenvalue weighted by molar-refractivity contribution is 6.02. The Morgan fingerprint density at radius 2 is 1.93 bits per heavy atom. The van der Waals surface area contributed by atoms with Crippen LogP contribution < -0.4 is 15.4 Å². The molecule has 146 valence electrons. The molecule has 0 bridgehead atoms. The molecule has 0 radical (unpaired) electrons. The summed E-state index contributed by atoms with van der Waals surface area (Å²) in [6.07, 6.45) is 0.628. The van der Waals surface area contributed by atoms with Crippen molar-refractivity contribution in [2.75, 3.05) is 13.7 Å². The fourth-order valence-corrected chi connectivity index (χ4v) is 3.94. The van der Waals surface area contributed by atoms with Gasteiger partial charge in [0.25, 0.3) is 11.8 Å². The van der Waals surface area contributed by atoms with E-state index in [1.807, 2.05) is 43.3 Å². The summed E-state index contributed by atoms with van der Waals surface area (Å²) < 4.78 is 6.06. The smallest absolute Gasteiger partial charge is 0.254 e. The molecule has 2 aromatic carbocycles. The third kappa shape index (κ3) is 3.24. The zero-order valence-corrected chi connectivity index (χ0v) is 15.9. The first kappa shape index (κ1) is 18.5. The van der Waals surface area contributed by atoms with E-state index in [1.165, 1.54) is 0 Å². The van der Waals surface area contributed by atoms with Crippen molar-refractivity contribution >= 4 is 11.8 Å². The maximum Gasteiger partial charge on any atom is 0.254 e. The van der Waals surface area contributed by atoms with Crippen LogP contribution in [0.5, 0.6) is 5.75 Å². The Hall–Kier alpha value is -2.86. The molecule has 1 aliphatic heterocycles. The van der Waals surface area contributed by atoms with Crippen molar-refractivity contribution in [3.8, 4) is 5.75 Å². The molecule has 4 rings (SSSR count). The van der Waals surface area contributed by atoms with Crippen molar-refractivity contribution in [3.63, 3.8) is 0 Å². The van der Waals surface area contributed by atoms with E-state index in [0.717, 1.165) is 17.5 Å². The van der Waals surface area contributed by atoms with E-state index in [-0.39, 0.29) is 42.4 Å². The topological polar surface area (TPSA) is 87.7 Å². The average molecular weight is 380 g/mol. The fourth-order valence-electron chi connectivity index (χ4n) is 3.94. The average Bonchev–Trinajstić information content (AvgIpc) is 3.38. The molecule has 1 saturated carbocycles. The van der Waals surface area contributed by atoms with E-state index in [4.69, 9.17) is 4.74 Å². The molecule has 1 aliphatic carbocycles. The zero-order chi connectivity index (χ0) is 19.8. The number of aliphatic hydroxyl groups excluding tert-OH is 1. The van der Waals surface area contributed by atoms with Gasteiger partial charge in [-0.1, -0.05) is 30.3 Å². The highest BCUT2D eigenvalue weighted by atomic mass is 16.5. The SMILES string of the molecule is CNC(=O)c1cc(C(=O)NC2CC2CO)cc2c1O[C@H](C)[C@H]2c1ccccc1. The van der Waals surface area contributed by atoms with Gasteiger partial charge in [-0.05, 0) is 31.0 Å². The van der Waals surface area contributed by atoms with Crippen LogP contribution in [-0.2, 0) is 0 Å². The van der Waals surface area contributed by atoms with Crippen LogP contribution in [0.2, 0.25) is 0 Å². The highest BCUT2D eigenvalue weighted by Crippen LogP contribution is 2.45. The number of carbonyl (C=O) groups is 2. The summed E-state index contributed by atoms with van der Waals surface area (Å²) >= 11 is 0. The van der Waals surface area contributed by atoms with Crippen molar-refractivity contribution < 1.29 is 19.4 Å². The van der Waals surface area contributed by atoms with Crippen molar-refractivity contribution in [2.45, 2.75) is 31.4 Å². The number of nitrogens with one attached hydrogen (secondary N) is 2. The second-order valence-electron chi connectivity index (χ2n) is 7.49. The van der Waals surface area contributed by atoms with Crippen LogP contribution in [0, 0.1) is 5.92 Å². The molecule has 2 aliphatic rings. The highest BCUT2D eigenvalue weighted by Gasteiger charge is 2.39. The Bertz CT molecular complexity index is 912. The Morgan fingerprint density at radius 3 is 2.57 bits per heavy atom. The molecule has 6 nitrogen and oxygen atoms in total. The molecule has 2 amide bonds. The number of ether oxygens (including phenoxy) is 1. The zero-order valence-electron chi connectivity index (χ0n) is 15.9. The minimum atomic E-state index is -0.286. The standard InChI is InChI=1S/C22H24N2O4/c1-12-19(13-6-4-3-5-7-13)16-8-14(21(26)24-18-10-15(18)11-25)9-17(20(16)28-12)22(27)23-2/h3-9,12,15,18-19,25H,10-11H2,1-2H3,(H,23,27)(H,24,26)/t12-,15?,18?,19+/m1/s1. The lowest BCUT2D eigenvalue weighted by Crippen LogP contribution is -2.28. The summed E-state index contributed by atoms with van der Waals surface area (Å²) in [6.45, 7) is 2.04. The number of aliphatic hydroxyl groups is 1. The van der Waals surface area contributed by atoms with Gasteiger partial charge in [0.15, 0.2) is 0 Å².